The van der Waals surface area contributed by atoms with Gasteiger partial charge < -0.3 is 5.32 Å². The summed E-state index contributed by atoms with van der Waals surface area (Å²) in [7, 11) is 0. The van der Waals surface area contributed by atoms with E-state index in [9.17, 15) is 0 Å². The molecule has 2 aromatic carbocycles. The monoisotopic (exact) mass is 258 g/mol. The Morgan fingerprint density at radius 3 is 2.65 bits per heavy atom. The number of hydrogen-bond acceptors (Lipinski definition) is 2. The van der Waals surface area contributed by atoms with Gasteiger partial charge in [0.05, 0.1) is 0 Å². The van der Waals surface area contributed by atoms with Crippen LogP contribution in [-0.4, -0.2) is 4.98 Å². The predicted octanol–water partition coefficient (Wildman–Crippen LogP) is 4.40. The number of anilines is 2. The van der Waals surface area contributed by atoms with Gasteiger partial charge in [-0.05, 0) is 34.9 Å². The van der Waals surface area contributed by atoms with Gasteiger partial charge in [0.15, 0.2) is 0 Å². The van der Waals surface area contributed by atoms with Crippen LogP contribution in [0.4, 0.5) is 11.4 Å². The molecule has 0 spiro atoms. The summed E-state index contributed by atoms with van der Waals surface area (Å²) < 4.78 is 0. The summed E-state index contributed by atoms with van der Waals surface area (Å²) in [6, 6.07) is 19.0. The number of rotatable bonds is 1. The van der Waals surface area contributed by atoms with E-state index in [1.807, 2.05) is 18.5 Å². The van der Waals surface area contributed by atoms with Crippen LogP contribution >= 0.6 is 0 Å². The van der Waals surface area contributed by atoms with Gasteiger partial charge in [-0.25, -0.2) is 0 Å². The highest BCUT2D eigenvalue weighted by Gasteiger charge is 2.17. The molecule has 0 unspecified atom stereocenters. The van der Waals surface area contributed by atoms with Gasteiger partial charge in [-0.1, -0.05) is 36.4 Å². The Hall–Kier alpha value is -2.61. The molecule has 96 valence electrons. The standard InChI is InChI=1S/C18H14N2/c1-2-8-17-13(5-1)11-16-15(7-3-9-18(16)20-17)14-6-4-10-19-12-14/h1-10,12,20H,11H2. The molecule has 0 saturated carbocycles. The molecule has 1 aromatic heterocycles. The molecule has 0 aliphatic carbocycles. The number of pyridine rings is 1. The van der Waals surface area contributed by atoms with E-state index in [1.54, 1.807) is 0 Å². The number of aromatic nitrogens is 1. The van der Waals surface area contributed by atoms with Crippen molar-refractivity contribution in [3.8, 4) is 11.1 Å². The Morgan fingerprint density at radius 1 is 0.850 bits per heavy atom. The molecule has 2 heteroatoms. The van der Waals surface area contributed by atoms with Gasteiger partial charge in [-0.15, -0.1) is 0 Å². The maximum Gasteiger partial charge on any atom is 0.0426 e. The largest absolute Gasteiger partial charge is 0.355 e. The molecule has 1 N–H and O–H groups in total. The smallest absolute Gasteiger partial charge is 0.0426 e. The molecule has 0 radical (unpaired) electrons. The highest BCUT2D eigenvalue weighted by molar-refractivity contribution is 5.80. The Bertz CT molecular complexity index is 763. The zero-order valence-electron chi connectivity index (χ0n) is 11.0. The second-order valence-corrected chi connectivity index (χ2v) is 5.03. The van der Waals surface area contributed by atoms with Gasteiger partial charge in [0.25, 0.3) is 0 Å². The van der Waals surface area contributed by atoms with E-state index in [4.69, 9.17) is 0 Å². The molecule has 0 bridgehead atoms. The second-order valence-electron chi connectivity index (χ2n) is 5.03. The van der Waals surface area contributed by atoms with Crippen molar-refractivity contribution < 1.29 is 0 Å². The van der Waals surface area contributed by atoms with E-state index in [0.717, 1.165) is 6.42 Å². The maximum atomic E-state index is 4.23. The number of nitrogens with zero attached hydrogens (tertiary/aromatic N) is 1. The van der Waals surface area contributed by atoms with E-state index in [-0.39, 0.29) is 0 Å². The van der Waals surface area contributed by atoms with E-state index in [1.165, 1.54) is 33.6 Å². The number of nitrogens with one attached hydrogen (secondary N) is 1. The molecule has 1 aliphatic rings. The molecule has 2 nitrogen and oxygen atoms in total. The predicted molar refractivity (Wildman–Crippen MR) is 82.2 cm³/mol. The van der Waals surface area contributed by atoms with Crippen LogP contribution in [0.2, 0.25) is 0 Å². The van der Waals surface area contributed by atoms with Gasteiger partial charge in [-0.2, -0.15) is 0 Å². The topological polar surface area (TPSA) is 24.9 Å². The van der Waals surface area contributed by atoms with Crippen molar-refractivity contribution in [1.82, 2.24) is 4.98 Å². The number of fused-ring (bicyclic) bond motifs is 2. The summed E-state index contributed by atoms with van der Waals surface area (Å²) in [5.74, 6) is 0. The SMILES string of the molecule is c1cncc(-c2cccc3c2Cc2ccccc2N3)c1. The minimum atomic E-state index is 0.962. The lowest BCUT2D eigenvalue weighted by atomic mass is 9.91. The number of para-hydroxylation sites is 1. The first-order chi connectivity index (χ1) is 9.92. The Balaban J connectivity index is 1.87. The van der Waals surface area contributed by atoms with Crippen LogP contribution in [0.5, 0.6) is 0 Å². The quantitative estimate of drug-likeness (QED) is 0.547. The van der Waals surface area contributed by atoms with E-state index in [2.05, 4.69) is 58.8 Å². The molecular weight excluding hydrogens is 244 g/mol. The molecule has 0 atom stereocenters. The third-order valence-corrected chi connectivity index (χ3v) is 3.80. The van der Waals surface area contributed by atoms with Crippen molar-refractivity contribution >= 4 is 11.4 Å². The molecule has 0 fully saturated rings. The van der Waals surface area contributed by atoms with Gasteiger partial charge >= 0.3 is 0 Å². The molecule has 0 saturated heterocycles. The molecule has 20 heavy (non-hydrogen) atoms. The highest BCUT2D eigenvalue weighted by Crippen LogP contribution is 2.37. The first-order valence-electron chi connectivity index (χ1n) is 6.79. The van der Waals surface area contributed by atoms with Crippen molar-refractivity contribution in [3.05, 3.63) is 78.1 Å². The van der Waals surface area contributed by atoms with Gasteiger partial charge in [0.1, 0.15) is 0 Å². The van der Waals surface area contributed by atoms with Crippen LogP contribution in [0, 0.1) is 0 Å². The summed E-state index contributed by atoms with van der Waals surface area (Å²) in [6.07, 6.45) is 4.70. The summed E-state index contributed by atoms with van der Waals surface area (Å²) in [6.45, 7) is 0. The average Bonchev–Trinajstić information content (AvgIpc) is 2.53. The van der Waals surface area contributed by atoms with Crippen molar-refractivity contribution in [3.63, 3.8) is 0 Å². The number of hydrogen-bond donors (Lipinski definition) is 1. The lowest BCUT2D eigenvalue weighted by molar-refractivity contribution is 1.16. The van der Waals surface area contributed by atoms with E-state index >= 15 is 0 Å². The lowest BCUT2D eigenvalue weighted by Gasteiger charge is -2.23. The highest BCUT2D eigenvalue weighted by atomic mass is 14.9. The van der Waals surface area contributed by atoms with Crippen molar-refractivity contribution in [2.24, 2.45) is 0 Å². The van der Waals surface area contributed by atoms with Gasteiger partial charge in [0, 0.05) is 35.8 Å². The van der Waals surface area contributed by atoms with Crippen LogP contribution in [-0.2, 0) is 6.42 Å². The molecule has 4 rings (SSSR count). The third-order valence-electron chi connectivity index (χ3n) is 3.80. The normalized spacial score (nSPS) is 12.2. The Morgan fingerprint density at radius 2 is 1.75 bits per heavy atom. The zero-order chi connectivity index (χ0) is 13.4. The lowest BCUT2D eigenvalue weighted by Crippen LogP contribution is -2.07. The van der Waals surface area contributed by atoms with Crippen LogP contribution in [0.1, 0.15) is 11.1 Å². The first-order valence-corrected chi connectivity index (χ1v) is 6.79. The van der Waals surface area contributed by atoms with E-state index < -0.39 is 0 Å². The van der Waals surface area contributed by atoms with Gasteiger partial charge in [0.2, 0.25) is 0 Å². The van der Waals surface area contributed by atoms with Crippen LogP contribution < -0.4 is 5.32 Å². The van der Waals surface area contributed by atoms with Crippen LogP contribution in [0.25, 0.3) is 11.1 Å². The fourth-order valence-corrected chi connectivity index (χ4v) is 2.82. The number of benzene rings is 2. The Labute approximate surface area is 118 Å². The first kappa shape index (κ1) is 11.2. The minimum Gasteiger partial charge on any atom is -0.355 e. The summed E-state index contributed by atoms with van der Waals surface area (Å²) in [4.78, 5) is 4.23. The molecule has 2 heterocycles. The molecular formula is C18H14N2. The zero-order valence-corrected chi connectivity index (χ0v) is 11.0. The molecule has 0 amide bonds. The van der Waals surface area contributed by atoms with E-state index in [0.29, 0.717) is 0 Å². The van der Waals surface area contributed by atoms with Crippen molar-refractivity contribution in [2.45, 2.75) is 6.42 Å². The fraction of sp³-hybridized carbons (Fsp3) is 0.0556. The summed E-state index contributed by atoms with van der Waals surface area (Å²) in [5, 5.41) is 3.53. The summed E-state index contributed by atoms with van der Waals surface area (Å²) in [5.41, 5.74) is 7.53. The minimum absolute atomic E-state index is 0.962. The molecule has 3 aromatic rings. The fourth-order valence-electron chi connectivity index (χ4n) is 2.82. The van der Waals surface area contributed by atoms with Crippen LogP contribution in [0.15, 0.2) is 67.0 Å². The molecule has 1 aliphatic heterocycles. The van der Waals surface area contributed by atoms with Crippen molar-refractivity contribution in [2.75, 3.05) is 5.32 Å². The second kappa shape index (κ2) is 4.49. The maximum absolute atomic E-state index is 4.23. The van der Waals surface area contributed by atoms with Crippen molar-refractivity contribution in [1.29, 1.82) is 0 Å². The Kier molecular flexibility index (Phi) is 2.52. The summed E-state index contributed by atoms with van der Waals surface area (Å²) >= 11 is 0. The van der Waals surface area contributed by atoms with Gasteiger partial charge in [-0.3, -0.25) is 4.98 Å². The average molecular weight is 258 g/mol. The van der Waals surface area contributed by atoms with Crippen LogP contribution in [0.3, 0.4) is 0 Å². The third kappa shape index (κ3) is 1.77.